The van der Waals surface area contributed by atoms with Gasteiger partial charge in [-0.25, -0.2) is 0 Å². The van der Waals surface area contributed by atoms with E-state index in [0.717, 1.165) is 49.2 Å². The number of ether oxygens (including phenoxy) is 1. The summed E-state index contributed by atoms with van der Waals surface area (Å²) in [5.41, 5.74) is 2.78. The van der Waals surface area contributed by atoms with Gasteiger partial charge in [-0.1, -0.05) is 45.0 Å². The Morgan fingerprint density at radius 1 is 1.19 bits per heavy atom. The minimum absolute atomic E-state index is 0.0948. The van der Waals surface area contributed by atoms with Crippen molar-refractivity contribution in [3.8, 4) is 0 Å². The average molecular weight is 367 g/mol. The zero-order valence-electron chi connectivity index (χ0n) is 16.5. The quantitative estimate of drug-likeness (QED) is 0.843. The highest BCUT2D eigenvalue weighted by molar-refractivity contribution is 5.42. The van der Waals surface area contributed by atoms with Gasteiger partial charge in [-0.05, 0) is 41.5 Å². The normalized spacial score (nSPS) is 23.8. The minimum Gasteiger partial charge on any atom is -0.380 e. The molecule has 144 valence electrons. The second-order valence-electron chi connectivity index (χ2n) is 8.66. The van der Waals surface area contributed by atoms with Gasteiger partial charge in [0, 0.05) is 43.1 Å². The number of rotatable bonds is 5. The number of aromatic nitrogens is 1. The highest BCUT2D eigenvalue weighted by atomic mass is 16.5. The molecule has 0 aliphatic carbocycles. The topological polar surface area (TPSA) is 54.4 Å². The van der Waals surface area contributed by atoms with Crippen LogP contribution in [-0.2, 0) is 10.3 Å². The molecule has 0 radical (unpaired) electrons. The Hall–Kier alpha value is -1.75. The molecule has 2 aromatic rings. The van der Waals surface area contributed by atoms with Crippen molar-refractivity contribution >= 4 is 0 Å². The van der Waals surface area contributed by atoms with Crippen LogP contribution in [0, 0.1) is 5.41 Å². The van der Waals surface area contributed by atoms with Gasteiger partial charge in [0.15, 0.2) is 0 Å². The van der Waals surface area contributed by atoms with Crippen molar-refractivity contribution in [1.82, 2.24) is 10.3 Å². The van der Waals surface area contributed by atoms with Crippen LogP contribution in [0.4, 0.5) is 0 Å². The molecule has 4 nitrogen and oxygen atoms in total. The first-order chi connectivity index (χ1) is 12.9. The van der Waals surface area contributed by atoms with Crippen molar-refractivity contribution in [3.05, 3.63) is 65.0 Å². The van der Waals surface area contributed by atoms with Crippen LogP contribution in [0.5, 0.6) is 0 Å². The zero-order valence-corrected chi connectivity index (χ0v) is 16.5. The number of aliphatic hydroxyl groups is 1. The van der Waals surface area contributed by atoms with Crippen LogP contribution in [0.25, 0.3) is 0 Å². The summed E-state index contributed by atoms with van der Waals surface area (Å²) in [5, 5.41) is 15.5. The highest BCUT2D eigenvalue weighted by Gasteiger charge is 2.53. The molecule has 0 saturated carbocycles. The Morgan fingerprint density at radius 2 is 1.93 bits per heavy atom. The smallest absolute Gasteiger partial charge is 0.124 e. The fraction of sp³-hybridized carbons (Fsp3) is 0.522. The molecule has 0 amide bonds. The molecule has 1 aromatic heterocycles. The van der Waals surface area contributed by atoms with E-state index in [0.29, 0.717) is 5.92 Å². The van der Waals surface area contributed by atoms with Gasteiger partial charge >= 0.3 is 0 Å². The number of nitrogens with zero attached hydrogens (tertiary/aromatic N) is 1. The molecule has 2 atom stereocenters. The van der Waals surface area contributed by atoms with E-state index in [1.165, 1.54) is 5.56 Å². The summed E-state index contributed by atoms with van der Waals surface area (Å²) in [6.07, 6.45) is 5.89. The van der Waals surface area contributed by atoms with Crippen LogP contribution < -0.4 is 5.32 Å². The molecule has 4 rings (SSSR count). The SMILES string of the molecule is CC(C)c1ccc([C@](O)(c2cncc(C3CCCO3)c2)C2(C)CNC2)cc1. The molecule has 3 heterocycles. The van der Waals surface area contributed by atoms with Gasteiger partial charge in [0.1, 0.15) is 5.60 Å². The predicted molar refractivity (Wildman–Crippen MR) is 107 cm³/mol. The lowest BCUT2D eigenvalue weighted by Crippen LogP contribution is -2.63. The van der Waals surface area contributed by atoms with Crippen molar-refractivity contribution in [2.45, 2.75) is 51.2 Å². The molecule has 2 aliphatic rings. The first-order valence-corrected chi connectivity index (χ1v) is 10.0. The zero-order chi connectivity index (χ0) is 19.1. The molecule has 2 N–H and O–H groups in total. The summed E-state index contributed by atoms with van der Waals surface area (Å²) in [7, 11) is 0. The number of nitrogens with one attached hydrogen (secondary N) is 1. The summed E-state index contributed by atoms with van der Waals surface area (Å²) < 4.78 is 5.85. The number of hydrogen-bond acceptors (Lipinski definition) is 4. The van der Waals surface area contributed by atoms with Crippen LogP contribution in [0.2, 0.25) is 0 Å². The molecular weight excluding hydrogens is 336 g/mol. The van der Waals surface area contributed by atoms with E-state index in [1.807, 2.05) is 12.4 Å². The van der Waals surface area contributed by atoms with Gasteiger partial charge < -0.3 is 15.2 Å². The van der Waals surface area contributed by atoms with Crippen LogP contribution in [0.15, 0.2) is 42.7 Å². The summed E-state index contributed by atoms with van der Waals surface area (Å²) in [6.45, 7) is 8.88. The fourth-order valence-electron chi connectivity index (χ4n) is 4.40. The minimum atomic E-state index is -1.09. The van der Waals surface area contributed by atoms with Crippen molar-refractivity contribution in [3.63, 3.8) is 0 Å². The average Bonchev–Trinajstić information content (AvgIpc) is 3.20. The Kier molecular flexibility index (Phi) is 4.83. The second kappa shape index (κ2) is 7.01. The number of pyridine rings is 1. The Morgan fingerprint density at radius 3 is 2.48 bits per heavy atom. The van der Waals surface area contributed by atoms with Crippen LogP contribution in [0.1, 0.15) is 67.9 Å². The van der Waals surface area contributed by atoms with Gasteiger partial charge in [0.05, 0.1) is 6.10 Å². The fourth-order valence-corrected chi connectivity index (χ4v) is 4.40. The maximum absolute atomic E-state index is 12.1. The monoisotopic (exact) mass is 366 g/mol. The Bertz CT molecular complexity index is 792. The van der Waals surface area contributed by atoms with Gasteiger partial charge in [-0.3, -0.25) is 4.98 Å². The van der Waals surface area contributed by atoms with E-state index < -0.39 is 5.60 Å². The number of benzene rings is 1. The van der Waals surface area contributed by atoms with Gasteiger partial charge in [0.25, 0.3) is 0 Å². The van der Waals surface area contributed by atoms with E-state index in [9.17, 15) is 5.11 Å². The van der Waals surface area contributed by atoms with Crippen molar-refractivity contribution < 1.29 is 9.84 Å². The van der Waals surface area contributed by atoms with E-state index in [4.69, 9.17) is 4.74 Å². The van der Waals surface area contributed by atoms with Crippen molar-refractivity contribution in [2.75, 3.05) is 19.7 Å². The Labute approximate surface area is 162 Å². The first kappa shape index (κ1) is 18.6. The van der Waals surface area contributed by atoms with E-state index >= 15 is 0 Å². The summed E-state index contributed by atoms with van der Waals surface area (Å²) in [5.74, 6) is 0.470. The predicted octanol–water partition coefficient (Wildman–Crippen LogP) is 3.90. The molecular formula is C23H30N2O2. The van der Waals surface area contributed by atoms with E-state index in [2.05, 4.69) is 61.4 Å². The van der Waals surface area contributed by atoms with Crippen molar-refractivity contribution in [1.29, 1.82) is 0 Å². The summed E-state index contributed by atoms with van der Waals surface area (Å²) >= 11 is 0. The molecule has 0 spiro atoms. The van der Waals surface area contributed by atoms with Crippen LogP contribution >= 0.6 is 0 Å². The number of hydrogen-bond donors (Lipinski definition) is 2. The van der Waals surface area contributed by atoms with Crippen molar-refractivity contribution in [2.24, 2.45) is 5.41 Å². The largest absolute Gasteiger partial charge is 0.380 e. The maximum Gasteiger partial charge on any atom is 0.124 e. The first-order valence-electron chi connectivity index (χ1n) is 10.0. The second-order valence-corrected chi connectivity index (χ2v) is 8.66. The third kappa shape index (κ3) is 3.10. The molecule has 0 bridgehead atoms. The highest BCUT2D eigenvalue weighted by Crippen LogP contribution is 2.48. The molecule has 1 unspecified atom stereocenters. The van der Waals surface area contributed by atoms with Crippen LogP contribution in [-0.4, -0.2) is 29.8 Å². The molecule has 4 heteroatoms. The molecule has 2 fully saturated rings. The molecule has 27 heavy (non-hydrogen) atoms. The standard InChI is InChI=1S/C23H30N2O2/c1-16(2)17-6-8-19(9-7-17)23(26,22(3)14-25-15-22)20-11-18(12-24-13-20)21-5-4-10-27-21/h6-9,11-13,16,21,25-26H,4-5,10,14-15H2,1-3H3/t21?,23-/m0/s1. The summed E-state index contributed by atoms with van der Waals surface area (Å²) in [4.78, 5) is 4.48. The maximum atomic E-state index is 12.1. The van der Waals surface area contributed by atoms with Gasteiger partial charge in [0.2, 0.25) is 0 Å². The Balaban J connectivity index is 1.78. The lowest BCUT2D eigenvalue weighted by Gasteiger charge is -2.52. The third-order valence-electron chi connectivity index (χ3n) is 6.38. The van der Waals surface area contributed by atoms with Crippen LogP contribution in [0.3, 0.4) is 0 Å². The van der Waals surface area contributed by atoms with Gasteiger partial charge in [-0.15, -0.1) is 0 Å². The van der Waals surface area contributed by atoms with E-state index in [-0.39, 0.29) is 11.5 Å². The molecule has 2 aliphatic heterocycles. The lowest BCUT2D eigenvalue weighted by molar-refractivity contribution is -0.0770. The van der Waals surface area contributed by atoms with E-state index in [1.54, 1.807) is 0 Å². The van der Waals surface area contributed by atoms with Gasteiger partial charge in [-0.2, -0.15) is 0 Å². The molecule has 1 aromatic carbocycles. The third-order valence-corrected chi connectivity index (χ3v) is 6.38. The molecule has 2 saturated heterocycles. The summed E-state index contributed by atoms with van der Waals surface area (Å²) in [6, 6.07) is 10.5. The lowest BCUT2D eigenvalue weighted by atomic mass is 9.62.